The van der Waals surface area contributed by atoms with E-state index in [1.54, 1.807) is 16.9 Å². The van der Waals surface area contributed by atoms with E-state index in [9.17, 15) is 14.4 Å². The lowest BCUT2D eigenvalue weighted by atomic mass is 9.97. The average Bonchev–Trinajstić information content (AvgIpc) is 3.26. The molecule has 0 radical (unpaired) electrons. The minimum absolute atomic E-state index is 0.0617. The minimum Gasteiger partial charge on any atom is -0.497 e. The quantitative estimate of drug-likeness (QED) is 0.838. The molecule has 1 N–H and O–H groups in total. The summed E-state index contributed by atoms with van der Waals surface area (Å²) in [6.07, 6.45) is 4.54. The molecular weight excluding hydrogens is 358 g/mol. The van der Waals surface area contributed by atoms with E-state index in [0.717, 1.165) is 37.0 Å². The third kappa shape index (κ3) is 3.57. The van der Waals surface area contributed by atoms with Crippen molar-refractivity contribution in [1.29, 1.82) is 0 Å². The third-order valence-electron chi connectivity index (χ3n) is 6.20. The molecule has 2 saturated heterocycles. The maximum Gasteiger partial charge on any atom is 0.246 e. The van der Waals surface area contributed by atoms with Gasteiger partial charge in [-0.25, -0.2) is 0 Å². The topological polar surface area (TPSA) is 79.0 Å². The van der Waals surface area contributed by atoms with Gasteiger partial charge in [0.2, 0.25) is 17.7 Å². The number of hydrogen-bond donors (Lipinski definition) is 1. The summed E-state index contributed by atoms with van der Waals surface area (Å²) in [7, 11) is 1.61. The molecule has 3 amide bonds. The summed E-state index contributed by atoms with van der Waals surface area (Å²) in [5.74, 6) is 0.774. The van der Waals surface area contributed by atoms with Gasteiger partial charge >= 0.3 is 0 Å². The Hall–Kier alpha value is -2.57. The first-order valence-corrected chi connectivity index (χ1v) is 10.1. The van der Waals surface area contributed by atoms with E-state index in [1.165, 1.54) is 0 Å². The first-order chi connectivity index (χ1) is 13.6. The van der Waals surface area contributed by atoms with Crippen LogP contribution in [0.1, 0.15) is 31.2 Å². The average molecular weight is 385 g/mol. The second-order valence-electron chi connectivity index (χ2n) is 7.93. The van der Waals surface area contributed by atoms with Crippen LogP contribution in [-0.2, 0) is 20.8 Å². The first kappa shape index (κ1) is 18.8. The van der Waals surface area contributed by atoms with Crippen molar-refractivity contribution >= 4 is 17.7 Å². The molecule has 1 aliphatic carbocycles. The Bertz CT molecular complexity index is 757. The van der Waals surface area contributed by atoms with Gasteiger partial charge < -0.3 is 19.9 Å². The number of nitrogens with one attached hydrogen (secondary N) is 1. The first-order valence-electron chi connectivity index (χ1n) is 10.1. The molecule has 2 heterocycles. The summed E-state index contributed by atoms with van der Waals surface area (Å²) < 4.78 is 5.16. The van der Waals surface area contributed by atoms with Crippen molar-refractivity contribution < 1.29 is 19.1 Å². The summed E-state index contributed by atoms with van der Waals surface area (Å²) in [4.78, 5) is 41.8. The van der Waals surface area contributed by atoms with Crippen molar-refractivity contribution in [3.05, 3.63) is 29.8 Å². The standard InChI is InChI=1S/C21H27N3O4/c1-28-16-8-6-14(7-9-16)12-17-21(27)24-11-10-23(13-18(24)19(25)22-17)20(26)15-4-2-3-5-15/h6-9,15,17-18H,2-5,10-13H2,1H3,(H,22,25). The predicted molar refractivity (Wildman–Crippen MR) is 103 cm³/mol. The largest absolute Gasteiger partial charge is 0.497 e. The normalized spacial score (nSPS) is 25.5. The highest BCUT2D eigenvalue weighted by Gasteiger charge is 2.44. The molecule has 7 nitrogen and oxygen atoms in total. The lowest BCUT2D eigenvalue weighted by Gasteiger charge is -2.45. The van der Waals surface area contributed by atoms with Gasteiger partial charge in [0.15, 0.2) is 0 Å². The summed E-state index contributed by atoms with van der Waals surface area (Å²) in [6, 6.07) is 6.37. The number of amides is 3. The van der Waals surface area contributed by atoms with Gasteiger partial charge in [0.1, 0.15) is 17.8 Å². The number of hydrogen-bond acceptors (Lipinski definition) is 4. The van der Waals surface area contributed by atoms with Gasteiger partial charge in [-0.3, -0.25) is 14.4 Å². The van der Waals surface area contributed by atoms with Gasteiger partial charge in [0.25, 0.3) is 0 Å². The molecule has 1 aromatic rings. The summed E-state index contributed by atoms with van der Waals surface area (Å²) in [6.45, 7) is 1.25. The summed E-state index contributed by atoms with van der Waals surface area (Å²) in [5, 5.41) is 2.87. The molecule has 1 aromatic carbocycles. The molecule has 7 heteroatoms. The zero-order chi connectivity index (χ0) is 19.7. The van der Waals surface area contributed by atoms with Gasteiger partial charge in [0.05, 0.1) is 13.7 Å². The van der Waals surface area contributed by atoms with Gasteiger partial charge in [-0.15, -0.1) is 0 Å². The van der Waals surface area contributed by atoms with Crippen LogP contribution in [0, 0.1) is 5.92 Å². The maximum absolute atomic E-state index is 12.9. The molecule has 2 unspecified atom stereocenters. The molecule has 0 spiro atoms. The Morgan fingerprint density at radius 3 is 2.54 bits per heavy atom. The van der Waals surface area contributed by atoms with Crippen LogP contribution >= 0.6 is 0 Å². The van der Waals surface area contributed by atoms with Crippen molar-refractivity contribution in [1.82, 2.24) is 15.1 Å². The van der Waals surface area contributed by atoms with E-state index in [-0.39, 0.29) is 23.6 Å². The minimum atomic E-state index is -0.571. The number of rotatable bonds is 4. The smallest absolute Gasteiger partial charge is 0.246 e. The van der Waals surface area contributed by atoms with Crippen LogP contribution < -0.4 is 10.1 Å². The molecule has 0 bridgehead atoms. The van der Waals surface area contributed by atoms with Crippen LogP contribution in [0.2, 0.25) is 0 Å². The van der Waals surface area contributed by atoms with Crippen molar-refractivity contribution in [2.24, 2.45) is 5.92 Å². The van der Waals surface area contributed by atoms with Crippen LogP contribution in [0.4, 0.5) is 0 Å². The lowest BCUT2D eigenvalue weighted by Crippen LogP contribution is -2.70. The molecule has 4 rings (SSSR count). The van der Waals surface area contributed by atoms with E-state index in [2.05, 4.69) is 5.32 Å². The Morgan fingerprint density at radius 2 is 1.86 bits per heavy atom. The van der Waals surface area contributed by atoms with E-state index >= 15 is 0 Å². The molecule has 2 aliphatic heterocycles. The van der Waals surface area contributed by atoms with Crippen molar-refractivity contribution in [2.75, 3.05) is 26.7 Å². The molecule has 150 valence electrons. The second kappa shape index (κ2) is 7.81. The Labute approximate surface area is 165 Å². The van der Waals surface area contributed by atoms with E-state index in [4.69, 9.17) is 4.74 Å². The molecule has 28 heavy (non-hydrogen) atoms. The highest BCUT2D eigenvalue weighted by Crippen LogP contribution is 2.28. The van der Waals surface area contributed by atoms with Gasteiger partial charge in [-0.05, 0) is 30.5 Å². The number of nitrogens with zero attached hydrogens (tertiary/aromatic N) is 2. The molecule has 2 atom stereocenters. The van der Waals surface area contributed by atoms with Crippen molar-refractivity contribution in [3.8, 4) is 5.75 Å². The van der Waals surface area contributed by atoms with Crippen LogP contribution in [0.15, 0.2) is 24.3 Å². The number of piperazine rings is 2. The maximum atomic E-state index is 12.9. The zero-order valence-electron chi connectivity index (χ0n) is 16.2. The SMILES string of the molecule is COc1ccc(CC2NC(=O)C3CN(C(=O)C4CCCC4)CCN3C2=O)cc1. The molecule has 0 aromatic heterocycles. The van der Waals surface area contributed by atoms with Gasteiger partial charge in [-0.1, -0.05) is 25.0 Å². The predicted octanol–water partition coefficient (Wildman–Crippen LogP) is 0.966. The number of benzene rings is 1. The number of fused-ring (bicyclic) bond motifs is 1. The van der Waals surface area contributed by atoms with Crippen LogP contribution in [0.5, 0.6) is 5.75 Å². The number of carbonyl (C=O) groups is 3. The summed E-state index contributed by atoms with van der Waals surface area (Å²) in [5.41, 5.74) is 0.966. The lowest BCUT2D eigenvalue weighted by molar-refractivity contribution is -0.156. The molecular formula is C21H27N3O4. The molecule has 3 aliphatic rings. The van der Waals surface area contributed by atoms with Crippen molar-refractivity contribution in [3.63, 3.8) is 0 Å². The zero-order valence-corrected chi connectivity index (χ0v) is 16.2. The summed E-state index contributed by atoms with van der Waals surface area (Å²) >= 11 is 0. The highest BCUT2D eigenvalue weighted by atomic mass is 16.5. The van der Waals surface area contributed by atoms with E-state index in [1.807, 2.05) is 24.3 Å². The monoisotopic (exact) mass is 385 g/mol. The Balaban J connectivity index is 1.41. The molecule has 3 fully saturated rings. The number of ether oxygens (including phenoxy) is 1. The molecule has 1 saturated carbocycles. The fraction of sp³-hybridized carbons (Fsp3) is 0.571. The third-order valence-corrected chi connectivity index (χ3v) is 6.20. The number of methoxy groups -OCH3 is 1. The highest BCUT2D eigenvalue weighted by molar-refractivity contribution is 5.98. The second-order valence-corrected chi connectivity index (χ2v) is 7.93. The fourth-order valence-electron chi connectivity index (χ4n) is 4.57. The van der Waals surface area contributed by atoms with Crippen molar-refractivity contribution in [2.45, 2.75) is 44.2 Å². The van der Waals surface area contributed by atoms with Crippen LogP contribution in [0.25, 0.3) is 0 Å². The van der Waals surface area contributed by atoms with Gasteiger partial charge in [-0.2, -0.15) is 0 Å². The van der Waals surface area contributed by atoms with Crippen LogP contribution in [-0.4, -0.2) is 66.3 Å². The van der Waals surface area contributed by atoms with E-state index in [0.29, 0.717) is 26.1 Å². The fourth-order valence-corrected chi connectivity index (χ4v) is 4.57. The van der Waals surface area contributed by atoms with E-state index < -0.39 is 12.1 Å². The van der Waals surface area contributed by atoms with Gasteiger partial charge in [0, 0.05) is 25.4 Å². The Morgan fingerprint density at radius 1 is 1.14 bits per heavy atom. The Kier molecular flexibility index (Phi) is 5.24. The van der Waals surface area contributed by atoms with Crippen LogP contribution in [0.3, 0.4) is 0 Å². The number of carbonyl (C=O) groups excluding carboxylic acids is 3.